The number of fused-ring (bicyclic) bond motifs is 1. The standard InChI is InChI=1S/C19H22N6O/c1-13(18-24-21-12-25(18)15-8-2-3-9-15)22-19(26)23-16-10-4-6-14-7-5-11-20-17(14)16/h4-7,10-13,15H,2-3,8-9H2,1H3,(H2,22,23,26)/t13-/m0/s1. The summed E-state index contributed by atoms with van der Waals surface area (Å²) >= 11 is 0. The Hall–Kier alpha value is -2.96. The van der Waals surface area contributed by atoms with Gasteiger partial charge < -0.3 is 15.2 Å². The normalized spacial score (nSPS) is 15.9. The van der Waals surface area contributed by atoms with Crippen LogP contribution in [-0.4, -0.2) is 25.8 Å². The van der Waals surface area contributed by atoms with Gasteiger partial charge in [-0.05, 0) is 31.9 Å². The molecule has 134 valence electrons. The van der Waals surface area contributed by atoms with Gasteiger partial charge in [0, 0.05) is 17.6 Å². The third-order valence-corrected chi connectivity index (χ3v) is 4.93. The highest BCUT2D eigenvalue weighted by Crippen LogP contribution is 2.31. The molecule has 3 aromatic rings. The summed E-state index contributed by atoms with van der Waals surface area (Å²) in [5.74, 6) is 0.795. The second-order valence-electron chi connectivity index (χ2n) is 6.74. The van der Waals surface area contributed by atoms with Crippen molar-refractivity contribution in [1.29, 1.82) is 0 Å². The van der Waals surface area contributed by atoms with E-state index in [1.165, 1.54) is 12.8 Å². The van der Waals surface area contributed by atoms with E-state index in [4.69, 9.17) is 0 Å². The first kappa shape index (κ1) is 16.5. The minimum Gasteiger partial charge on any atom is -0.328 e. The number of anilines is 1. The maximum atomic E-state index is 12.5. The monoisotopic (exact) mass is 350 g/mol. The molecule has 2 heterocycles. The lowest BCUT2D eigenvalue weighted by atomic mass is 10.2. The van der Waals surface area contributed by atoms with E-state index >= 15 is 0 Å². The second kappa shape index (κ2) is 7.11. The van der Waals surface area contributed by atoms with Crippen molar-refractivity contribution in [2.75, 3.05) is 5.32 Å². The number of aromatic nitrogens is 4. The molecule has 0 radical (unpaired) electrons. The van der Waals surface area contributed by atoms with Crippen molar-refractivity contribution in [3.05, 3.63) is 48.7 Å². The highest BCUT2D eigenvalue weighted by Gasteiger charge is 2.23. The Morgan fingerprint density at radius 3 is 2.88 bits per heavy atom. The van der Waals surface area contributed by atoms with E-state index in [2.05, 4.69) is 30.4 Å². The number of amides is 2. The largest absolute Gasteiger partial charge is 0.328 e. The minimum absolute atomic E-state index is 0.235. The van der Waals surface area contributed by atoms with Crippen LogP contribution in [-0.2, 0) is 0 Å². The summed E-state index contributed by atoms with van der Waals surface area (Å²) in [6, 6.07) is 9.49. The van der Waals surface area contributed by atoms with Gasteiger partial charge in [0.15, 0.2) is 5.82 Å². The zero-order valence-electron chi connectivity index (χ0n) is 14.7. The Balaban J connectivity index is 1.47. The highest BCUT2D eigenvalue weighted by molar-refractivity contribution is 5.99. The Labute approximate surface area is 151 Å². The van der Waals surface area contributed by atoms with Gasteiger partial charge in [-0.3, -0.25) is 4.98 Å². The number of carbonyl (C=O) groups excluding carboxylic acids is 1. The van der Waals surface area contributed by atoms with E-state index in [-0.39, 0.29) is 12.1 Å². The van der Waals surface area contributed by atoms with Crippen LogP contribution in [0.3, 0.4) is 0 Å². The van der Waals surface area contributed by atoms with Gasteiger partial charge in [-0.1, -0.05) is 31.0 Å². The van der Waals surface area contributed by atoms with E-state index in [0.29, 0.717) is 11.7 Å². The molecule has 0 bridgehead atoms. The van der Waals surface area contributed by atoms with Crippen LogP contribution < -0.4 is 10.6 Å². The quantitative estimate of drug-likeness (QED) is 0.749. The zero-order valence-corrected chi connectivity index (χ0v) is 14.7. The van der Waals surface area contributed by atoms with E-state index in [1.54, 1.807) is 12.5 Å². The summed E-state index contributed by atoms with van der Waals surface area (Å²) in [7, 11) is 0. The number of benzene rings is 1. The lowest BCUT2D eigenvalue weighted by molar-refractivity contribution is 0.248. The van der Waals surface area contributed by atoms with E-state index in [9.17, 15) is 4.79 Å². The van der Waals surface area contributed by atoms with Gasteiger partial charge in [-0.15, -0.1) is 10.2 Å². The van der Waals surface area contributed by atoms with Gasteiger partial charge in [0.05, 0.1) is 17.2 Å². The van der Waals surface area contributed by atoms with Crippen molar-refractivity contribution in [3.63, 3.8) is 0 Å². The summed E-state index contributed by atoms with van der Waals surface area (Å²) in [5, 5.41) is 15.1. The number of rotatable bonds is 4. The molecule has 1 atom stereocenters. The van der Waals surface area contributed by atoms with Gasteiger partial charge >= 0.3 is 6.03 Å². The fraction of sp³-hybridized carbons (Fsp3) is 0.368. The van der Waals surface area contributed by atoms with Gasteiger partial charge in [0.25, 0.3) is 0 Å². The van der Waals surface area contributed by atoms with E-state index in [0.717, 1.165) is 29.6 Å². The average molecular weight is 350 g/mol. The van der Waals surface area contributed by atoms with Crippen LogP contribution in [0.4, 0.5) is 10.5 Å². The molecule has 1 saturated carbocycles. The summed E-state index contributed by atoms with van der Waals surface area (Å²) < 4.78 is 2.11. The third kappa shape index (κ3) is 3.24. The minimum atomic E-state index is -0.281. The van der Waals surface area contributed by atoms with Gasteiger partial charge in [0.1, 0.15) is 6.33 Å². The summed E-state index contributed by atoms with van der Waals surface area (Å²) in [5.41, 5.74) is 1.46. The van der Waals surface area contributed by atoms with Crippen molar-refractivity contribution in [1.82, 2.24) is 25.1 Å². The molecule has 2 aromatic heterocycles. The van der Waals surface area contributed by atoms with Crippen molar-refractivity contribution in [3.8, 4) is 0 Å². The molecular weight excluding hydrogens is 328 g/mol. The van der Waals surface area contributed by atoms with Crippen molar-refractivity contribution in [2.24, 2.45) is 0 Å². The first-order valence-electron chi connectivity index (χ1n) is 9.03. The number of pyridine rings is 1. The number of nitrogens with zero attached hydrogens (tertiary/aromatic N) is 4. The van der Waals surface area contributed by atoms with Gasteiger partial charge in [-0.25, -0.2) is 4.79 Å². The van der Waals surface area contributed by atoms with Crippen molar-refractivity contribution >= 4 is 22.6 Å². The molecule has 0 spiro atoms. The lowest BCUT2D eigenvalue weighted by Gasteiger charge is -2.19. The predicted octanol–water partition coefficient (Wildman–Crippen LogP) is 3.82. The van der Waals surface area contributed by atoms with Crippen LogP contribution in [0.5, 0.6) is 0 Å². The molecule has 7 heteroatoms. The predicted molar refractivity (Wildman–Crippen MR) is 99.8 cm³/mol. The molecule has 7 nitrogen and oxygen atoms in total. The number of urea groups is 1. The average Bonchev–Trinajstić information content (AvgIpc) is 3.33. The fourth-order valence-electron chi connectivity index (χ4n) is 3.65. The maximum Gasteiger partial charge on any atom is 0.319 e. The Bertz CT molecular complexity index is 910. The van der Waals surface area contributed by atoms with Crippen LogP contribution in [0.2, 0.25) is 0 Å². The summed E-state index contributed by atoms with van der Waals surface area (Å²) in [4.78, 5) is 16.8. The van der Waals surface area contributed by atoms with Crippen LogP contribution in [0, 0.1) is 0 Å². The van der Waals surface area contributed by atoms with Crippen molar-refractivity contribution in [2.45, 2.75) is 44.7 Å². The van der Waals surface area contributed by atoms with Gasteiger partial charge in [0.2, 0.25) is 0 Å². The summed E-state index contributed by atoms with van der Waals surface area (Å²) in [6.07, 6.45) is 8.25. The molecule has 2 amide bonds. The first-order chi connectivity index (χ1) is 12.7. The molecule has 1 aromatic carbocycles. The third-order valence-electron chi connectivity index (χ3n) is 4.93. The summed E-state index contributed by atoms with van der Waals surface area (Å²) in [6.45, 7) is 1.93. The van der Waals surface area contributed by atoms with Gasteiger partial charge in [-0.2, -0.15) is 0 Å². The molecule has 26 heavy (non-hydrogen) atoms. The highest BCUT2D eigenvalue weighted by atomic mass is 16.2. The van der Waals surface area contributed by atoms with Crippen LogP contribution in [0.25, 0.3) is 10.9 Å². The van der Waals surface area contributed by atoms with Crippen LogP contribution >= 0.6 is 0 Å². The molecule has 0 saturated heterocycles. The number of hydrogen-bond acceptors (Lipinski definition) is 4. The van der Waals surface area contributed by atoms with Crippen LogP contribution in [0.15, 0.2) is 42.9 Å². The SMILES string of the molecule is C[C@H](NC(=O)Nc1cccc2cccnc12)c1nncn1C1CCCC1. The molecule has 1 aliphatic rings. The fourth-order valence-corrected chi connectivity index (χ4v) is 3.65. The second-order valence-corrected chi connectivity index (χ2v) is 6.74. The smallest absolute Gasteiger partial charge is 0.319 e. The van der Waals surface area contributed by atoms with E-state index < -0.39 is 0 Å². The Morgan fingerprint density at radius 2 is 2.04 bits per heavy atom. The van der Waals surface area contributed by atoms with Crippen LogP contribution in [0.1, 0.15) is 50.5 Å². The molecule has 1 fully saturated rings. The Kier molecular flexibility index (Phi) is 4.51. The van der Waals surface area contributed by atoms with Crippen molar-refractivity contribution < 1.29 is 4.79 Å². The number of carbonyl (C=O) groups is 1. The number of hydrogen-bond donors (Lipinski definition) is 2. The zero-order chi connectivity index (χ0) is 17.9. The molecule has 0 aliphatic heterocycles. The molecular formula is C19H22N6O. The lowest BCUT2D eigenvalue weighted by Crippen LogP contribution is -2.33. The first-order valence-corrected chi connectivity index (χ1v) is 9.03. The number of para-hydroxylation sites is 1. The molecule has 4 rings (SSSR count). The van der Waals surface area contributed by atoms with E-state index in [1.807, 2.05) is 37.3 Å². The maximum absolute atomic E-state index is 12.5. The topological polar surface area (TPSA) is 84.7 Å². The Morgan fingerprint density at radius 1 is 1.23 bits per heavy atom. The molecule has 0 unspecified atom stereocenters. The number of nitrogens with one attached hydrogen (secondary N) is 2. The molecule has 1 aliphatic carbocycles. The molecule has 2 N–H and O–H groups in total.